The Morgan fingerprint density at radius 3 is 1.03 bits per heavy atom. The Balaban J connectivity index is 0.000000372. The molecule has 9 heterocycles. The summed E-state index contributed by atoms with van der Waals surface area (Å²) in [7, 11) is 0. The van der Waals surface area contributed by atoms with Crippen molar-refractivity contribution in [3.05, 3.63) is 35.9 Å². The Labute approximate surface area is 597 Å². The zero-order chi connectivity index (χ0) is 74.3. The van der Waals surface area contributed by atoms with Gasteiger partial charge < -0.3 is 68.3 Å². The fraction of sp³-hybridized carbons (Fsp3) is 0.925. The number of benzene rings is 1. The molecule has 3 unspecified atom stereocenters. The van der Waals surface area contributed by atoms with E-state index >= 15 is 0 Å². The van der Waals surface area contributed by atoms with Gasteiger partial charge in [0.1, 0.15) is 0 Å². The lowest BCUT2D eigenvalue weighted by atomic mass is 9.88. The van der Waals surface area contributed by atoms with Gasteiger partial charge in [0.15, 0.2) is 0 Å². The number of alkyl halides is 5. The molecular formula is C80H156F5N9O4. The molecule has 10 aliphatic rings. The lowest BCUT2D eigenvalue weighted by Crippen LogP contribution is -2.35. The van der Waals surface area contributed by atoms with E-state index in [0.29, 0.717) is 65.2 Å². The van der Waals surface area contributed by atoms with Gasteiger partial charge in [-0.2, -0.15) is 13.2 Å². The van der Waals surface area contributed by atoms with Crippen LogP contribution in [0.3, 0.4) is 0 Å². The first-order chi connectivity index (χ1) is 45.6. The van der Waals surface area contributed by atoms with Crippen molar-refractivity contribution in [2.45, 2.75) is 339 Å². The predicted molar refractivity (Wildman–Crippen MR) is 404 cm³/mol. The van der Waals surface area contributed by atoms with E-state index in [1.807, 2.05) is 27.7 Å². The van der Waals surface area contributed by atoms with Crippen LogP contribution in [0, 0.1) is 76.4 Å². The van der Waals surface area contributed by atoms with Gasteiger partial charge >= 0.3 is 6.18 Å². The minimum Gasteiger partial charge on any atom is -0.392 e. The first-order valence-electron chi connectivity index (χ1n) is 39.4. The molecule has 0 amide bonds. The van der Waals surface area contributed by atoms with E-state index < -0.39 is 18.0 Å². The molecule has 11 rings (SSSR count). The SMILES string of the molecule is CC(C)C1CC(O)CN1.CC(C)C1CCCC1.CC(C)C1CCCN1.CC(C)[C@@H]1CC(C)(C)CN1.CC(C)[C@@H]1CC(F)(F)CN1.CC(C)[C@@H]1C[C@@H](O)CN1.CC(C)[C@@H]1C[C@H](O)CN1.CC(C)[C@@H]1C[C@H](c2ccccc2)CN1.CC(C)[C@H]1C[C@@H](C(F)(F)F)CN1.CC(C)[C@H]1NCC[C@H]1O. The van der Waals surface area contributed by atoms with Crippen LogP contribution in [-0.4, -0.2) is 170 Å². The standard InChI is InChI=1S/C13H19N.C9H19N.C8H14F3N.C8H16.C7H13F2N.4C7H15NO.C7H15N/c1-10(2)13-8-12(9-14-13)11-6-4-3-5-7-11;1-7(2)8-5-9(3,4)6-10-8;1-5(2)7-3-6(4-12-7)8(9,10)11;1-7(2)8-5-3-4-6-8;1-5(2)6-3-7(8,9)4-10-6;3*1-5(2)7-3-6(9)4-8-7;1-5(2)7-6(9)3-4-8-7;1-6(2)7-4-3-5-8-7/h3-7,10,12-14H,8-9H2,1-2H3;7-8,10H,5-6H2,1-4H3;5-7,12H,3-4H2,1-2H3;7-8H,3-6H2,1-2H3;5-6,10H,3-4H2,1-2H3;4*5-9H,3-4H2,1-2H3;6-8H,3-5H2,1-2H3/t12-,13-;8-;6-,7-;;6-;6-,7+;6-,7-;;6-,7-;/m001.010.1./s1. The van der Waals surface area contributed by atoms with Gasteiger partial charge in [-0.3, -0.25) is 0 Å². The molecule has 0 aromatic heterocycles. The van der Waals surface area contributed by atoms with Crippen LogP contribution in [0.15, 0.2) is 30.3 Å². The quantitative estimate of drug-likeness (QED) is 0.0939. The summed E-state index contributed by atoms with van der Waals surface area (Å²) in [6, 6.07) is 15.1. The number of hydrogen-bond acceptors (Lipinski definition) is 13. The van der Waals surface area contributed by atoms with Gasteiger partial charge in [-0.05, 0) is 153 Å². The van der Waals surface area contributed by atoms with Crippen molar-refractivity contribution in [1.82, 2.24) is 47.9 Å². The van der Waals surface area contributed by atoms with Gasteiger partial charge in [-0.1, -0.05) is 208 Å². The molecule has 0 radical (unpaired) electrons. The summed E-state index contributed by atoms with van der Waals surface area (Å²) in [5, 5.41) is 65.9. The molecule has 1 aromatic carbocycles. The van der Waals surface area contributed by atoms with Crippen molar-refractivity contribution in [1.29, 1.82) is 0 Å². The van der Waals surface area contributed by atoms with Crippen LogP contribution in [0.2, 0.25) is 0 Å². The number of nitrogens with one attached hydrogen (secondary N) is 9. The zero-order valence-corrected chi connectivity index (χ0v) is 66.3. The van der Waals surface area contributed by atoms with E-state index in [-0.39, 0.29) is 68.3 Å². The number of aliphatic hydroxyl groups is 4. The van der Waals surface area contributed by atoms with Crippen LogP contribution in [-0.2, 0) is 0 Å². The fourth-order valence-electron chi connectivity index (χ4n) is 14.7. The maximum atomic E-state index is 12.5. The normalized spacial score (nSPS) is 31.7. The molecule has 580 valence electrons. The van der Waals surface area contributed by atoms with Crippen LogP contribution >= 0.6 is 0 Å². The third kappa shape index (κ3) is 37.9. The zero-order valence-electron chi connectivity index (χ0n) is 66.3. The Morgan fingerprint density at radius 2 is 0.796 bits per heavy atom. The minimum absolute atomic E-state index is 0.00463. The predicted octanol–water partition coefficient (Wildman–Crippen LogP) is 14.3. The molecule has 0 spiro atoms. The molecule has 9 aliphatic heterocycles. The summed E-state index contributed by atoms with van der Waals surface area (Å²) in [5.41, 5.74) is 2.03. The largest absolute Gasteiger partial charge is 0.393 e. The van der Waals surface area contributed by atoms with Gasteiger partial charge in [0.2, 0.25) is 0 Å². The van der Waals surface area contributed by atoms with E-state index in [2.05, 4.69) is 203 Å². The first kappa shape index (κ1) is 92.4. The fourth-order valence-corrected chi connectivity index (χ4v) is 14.7. The van der Waals surface area contributed by atoms with E-state index in [1.165, 1.54) is 70.0 Å². The second-order valence-corrected chi connectivity index (χ2v) is 35.0. The van der Waals surface area contributed by atoms with Crippen LogP contribution in [0.4, 0.5) is 22.0 Å². The van der Waals surface area contributed by atoms with Crippen molar-refractivity contribution in [2.75, 3.05) is 58.9 Å². The average Bonchev–Trinajstić information content (AvgIpc) is 1.79. The summed E-state index contributed by atoms with van der Waals surface area (Å²) < 4.78 is 61.5. The highest BCUT2D eigenvalue weighted by Gasteiger charge is 2.45. The number of hydrogen-bond donors (Lipinski definition) is 13. The molecule has 1 saturated carbocycles. The molecule has 1 aliphatic carbocycles. The van der Waals surface area contributed by atoms with Gasteiger partial charge in [0, 0.05) is 100 Å². The summed E-state index contributed by atoms with van der Waals surface area (Å²) in [5.74, 6) is 4.64. The summed E-state index contributed by atoms with van der Waals surface area (Å²) in [6.45, 7) is 55.1. The highest BCUT2D eigenvalue weighted by atomic mass is 19.4. The number of aliphatic hydroxyl groups excluding tert-OH is 4. The Bertz CT molecular complexity index is 2020. The van der Waals surface area contributed by atoms with Crippen molar-refractivity contribution in [3.8, 4) is 0 Å². The lowest BCUT2D eigenvalue weighted by Gasteiger charge is -2.17. The molecular weight excluding hydrogens is 1250 g/mol. The molecule has 13 N–H and O–H groups in total. The highest BCUT2D eigenvalue weighted by Crippen LogP contribution is 2.35. The van der Waals surface area contributed by atoms with Crippen molar-refractivity contribution >= 4 is 0 Å². The summed E-state index contributed by atoms with van der Waals surface area (Å²) in [4.78, 5) is 0. The summed E-state index contributed by atoms with van der Waals surface area (Å²) >= 11 is 0. The Hall–Kier alpha value is -1.65. The summed E-state index contributed by atoms with van der Waals surface area (Å²) in [6.07, 6.45) is 10.9. The Kier molecular flexibility index (Phi) is 44.4. The molecule has 1 aromatic rings. The molecule has 13 nitrogen and oxygen atoms in total. The Morgan fingerprint density at radius 1 is 0.388 bits per heavy atom. The second kappa shape index (κ2) is 47.0. The van der Waals surface area contributed by atoms with Crippen molar-refractivity contribution in [2.24, 2.45) is 76.4 Å². The average molecular weight is 1400 g/mol. The lowest BCUT2D eigenvalue weighted by molar-refractivity contribution is -0.169. The number of rotatable bonds is 11. The molecule has 98 heavy (non-hydrogen) atoms. The number of halogens is 5. The van der Waals surface area contributed by atoms with Crippen LogP contribution in [0.25, 0.3) is 0 Å². The van der Waals surface area contributed by atoms with Crippen LogP contribution in [0.5, 0.6) is 0 Å². The van der Waals surface area contributed by atoms with E-state index in [0.717, 1.165) is 106 Å². The molecule has 18 heteroatoms. The van der Waals surface area contributed by atoms with Gasteiger partial charge in [-0.25, -0.2) is 8.78 Å². The van der Waals surface area contributed by atoms with E-state index in [9.17, 15) is 27.1 Å². The van der Waals surface area contributed by atoms with E-state index in [4.69, 9.17) is 15.3 Å². The first-order valence-corrected chi connectivity index (χ1v) is 39.4. The highest BCUT2D eigenvalue weighted by molar-refractivity contribution is 5.21. The maximum absolute atomic E-state index is 12.5. The minimum atomic E-state index is -4.02. The van der Waals surface area contributed by atoms with Crippen molar-refractivity contribution < 1.29 is 42.4 Å². The monoisotopic (exact) mass is 1400 g/mol. The smallest absolute Gasteiger partial charge is 0.392 e. The van der Waals surface area contributed by atoms with E-state index in [1.54, 1.807) is 0 Å². The molecule has 9 saturated heterocycles. The maximum Gasteiger partial charge on any atom is 0.393 e. The van der Waals surface area contributed by atoms with Gasteiger partial charge in [0.05, 0.1) is 36.9 Å². The third-order valence-corrected chi connectivity index (χ3v) is 22.1. The number of β-amino-alcohol motifs (C(OH)–C–C–N with tert-alkyl or cyclic N) is 3. The molecule has 0 bridgehead atoms. The molecule has 10 fully saturated rings. The van der Waals surface area contributed by atoms with Crippen LogP contribution in [0.1, 0.15) is 254 Å². The molecule has 15 atom stereocenters. The topological polar surface area (TPSA) is 189 Å². The van der Waals surface area contributed by atoms with Crippen LogP contribution < -0.4 is 47.9 Å². The van der Waals surface area contributed by atoms with Gasteiger partial charge in [0.25, 0.3) is 5.92 Å². The second-order valence-electron chi connectivity index (χ2n) is 35.0. The van der Waals surface area contributed by atoms with Gasteiger partial charge in [-0.15, -0.1) is 0 Å². The van der Waals surface area contributed by atoms with Crippen molar-refractivity contribution in [3.63, 3.8) is 0 Å². The third-order valence-electron chi connectivity index (χ3n) is 22.1.